The van der Waals surface area contributed by atoms with Crippen LogP contribution in [-0.2, 0) is 16.1 Å². The Hall–Kier alpha value is -3.79. The molecule has 0 aliphatic carbocycles. The summed E-state index contributed by atoms with van der Waals surface area (Å²) >= 11 is 0. The quantitative estimate of drug-likeness (QED) is 0.520. The minimum Gasteiger partial charge on any atom is -0.493 e. The Kier molecular flexibility index (Phi) is 5.98. The molecule has 1 aromatic carbocycles. The van der Waals surface area contributed by atoms with Crippen molar-refractivity contribution < 1.29 is 23.8 Å². The van der Waals surface area contributed by atoms with Crippen LogP contribution in [0.3, 0.4) is 0 Å². The average Bonchev–Trinajstić information content (AvgIpc) is 3.20. The number of esters is 1. The van der Waals surface area contributed by atoms with Gasteiger partial charge in [-0.05, 0) is 24.5 Å². The molecule has 3 aromatic rings. The number of hydrogen-bond acceptors (Lipinski definition) is 7. The van der Waals surface area contributed by atoms with Gasteiger partial charge in [-0.25, -0.2) is 4.79 Å². The van der Waals surface area contributed by atoms with Gasteiger partial charge in [0.2, 0.25) is 5.91 Å². The van der Waals surface area contributed by atoms with E-state index in [2.05, 4.69) is 15.2 Å². The van der Waals surface area contributed by atoms with Gasteiger partial charge in [0.15, 0.2) is 11.5 Å². The van der Waals surface area contributed by atoms with E-state index in [0.717, 1.165) is 18.7 Å². The third-order valence-electron chi connectivity index (χ3n) is 6.88. The molecule has 2 atom stereocenters. The zero-order valence-electron chi connectivity index (χ0n) is 19.9. The third-order valence-corrected chi connectivity index (χ3v) is 6.88. The smallest absolute Gasteiger partial charge is 0.356 e. The molecule has 2 aliphatic heterocycles. The zero-order valence-corrected chi connectivity index (χ0v) is 19.9. The molecule has 1 saturated heterocycles. The molecule has 1 amide bonds. The number of amides is 1. The van der Waals surface area contributed by atoms with Gasteiger partial charge in [-0.15, -0.1) is 0 Å². The molecule has 1 fully saturated rings. The van der Waals surface area contributed by atoms with Crippen LogP contribution >= 0.6 is 0 Å². The van der Waals surface area contributed by atoms with Gasteiger partial charge in [-0.2, -0.15) is 0 Å². The number of carbonyl (C=O) groups excluding carboxylic acids is 2. The fourth-order valence-corrected chi connectivity index (χ4v) is 5.41. The number of hydrogen-bond donors (Lipinski definition) is 2. The predicted octanol–water partition coefficient (Wildman–Crippen LogP) is 2.19. The topological polar surface area (TPSA) is 115 Å². The summed E-state index contributed by atoms with van der Waals surface area (Å²) in [5.41, 5.74) is 2.16. The number of methoxy groups -OCH3 is 3. The number of anilines is 1. The molecule has 2 aromatic heterocycles. The molecule has 0 radical (unpaired) electrons. The first kappa shape index (κ1) is 23.0. The van der Waals surface area contributed by atoms with E-state index in [1.807, 2.05) is 10.6 Å². The number of rotatable bonds is 6. The summed E-state index contributed by atoms with van der Waals surface area (Å²) in [6.45, 7) is 2.26. The normalized spacial score (nSPS) is 19.2. The van der Waals surface area contributed by atoms with Crippen molar-refractivity contribution in [2.75, 3.05) is 46.3 Å². The summed E-state index contributed by atoms with van der Waals surface area (Å²) in [6, 6.07) is 8.82. The second-order valence-electron chi connectivity index (χ2n) is 9.06. The van der Waals surface area contributed by atoms with Crippen LogP contribution in [0.2, 0.25) is 0 Å². The Bertz CT molecular complexity index is 1360. The van der Waals surface area contributed by atoms with E-state index in [1.165, 1.54) is 21.3 Å². The first-order valence-electron chi connectivity index (χ1n) is 11.5. The van der Waals surface area contributed by atoms with E-state index in [9.17, 15) is 14.4 Å². The Balaban J connectivity index is 1.39. The van der Waals surface area contributed by atoms with Crippen LogP contribution in [0, 0.1) is 5.92 Å². The lowest BCUT2D eigenvalue weighted by Crippen LogP contribution is -2.49. The highest BCUT2D eigenvalue weighted by Crippen LogP contribution is 2.38. The lowest BCUT2D eigenvalue weighted by molar-refractivity contribution is -0.117. The summed E-state index contributed by atoms with van der Waals surface area (Å²) < 4.78 is 17.5. The van der Waals surface area contributed by atoms with Crippen molar-refractivity contribution in [2.45, 2.75) is 18.9 Å². The van der Waals surface area contributed by atoms with Crippen LogP contribution in [-0.4, -0.2) is 67.3 Å². The first-order chi connectivity index (χ1) is 16.9. The van der Waals surface area contributed by atoms with Crippen molar-refractivity contribution in [1.82, 2.24) is 14.5 Å². The van der Waals surface area contributed by atoms with Gasteiger partial charge in [0, 0.05) is 48.8 Å². The maximum atomic E-state index is 13.2. The Morgan fingerprint density at radius 1 is 1.09 bits per heavy atom. The molecule has 2 aliphatic rings. The van der Waals surface area contributed by atoms with Crippen molar-refractivity contribution in [3.05, 3.63) is 52.1 Å². The SMILES string of the molecule is COC(=O)c1[nH]c2cc(OC)c(OC)cc2c1NC(=O)CN1C[C@@H]2C[C@@H](C1)c1cccc(=O)n1C2. The summed E-state index contributed by atoms with van der Waals surface area (Å²) in [7, 11) is 4.34. The lowest BCUT2D eigenvalue weighted by Gasteiger charge is -2.42. The Morgan fingerprint density at radius 2 is 1.86 bits per heavy atom. The molecular weight excluding hydrogens is 452 g/mol. The highest BCUT2D eigenvalue weighted by atomic mass is 16.5. The van der Waals surface area contributed by atoms with Crippen LogP contribution in [0.4, 0.5) is 5.69 Å². The number of fused-ring (bicyclic) bond motifs is 5. The third kappa shape index (κ3) is 4.14. The number of ether oxygens (including phenoxy) is 3. The van der Waals surface area contributed by atoms with E-state index in [1.54, 1.807) is 24.3 Å². The average molecular weight is 481 g/mol. The molecule has 4 heterocycles. The van der Waals surface area contributed by atoms with Crippen LogP contribution in [0.15, 0.2) is 35.1 Å². The van der Waals surface area contributed by atoms with E-state index in [4.69, 9.17) is 14.2 Å². The van der Waals surface area contributed by atoms with Gasteiger partial charge in [-0.3, -0.25) is 14.5 Å². The largest absolute Gasteiger partial charge is 0.493 e. The summed E-state index contributed by atoms with van der Waals surface area (Å²) in [5, 5.41) is 3.53. The molecule has 5 rings (SSSR count). The highest BCUT2D eigenvalue weighted by Gasteiger charge is 2.35. The fraction of sp³-hybridized carbons (Fsp3) is 0.400. The number of nitrogens with one attached hydrogen (secondary N) is 2. The van der Waals surface area contributed by atoms with Crippen molar-refractivity contribution in [3.8, 4) is 11.5 Å². The summed E-state index contributed by atoms with van der Waals surface area (Å²) in [6.07, 6.45) is 1.01. The molecule has 2 N–H and O–H groups in total. The number of likely N-dealkylation sites (tertiary alicyclic amines) is 1. The van der Waals surface area contributed by atoms with Crippen molar-refractivity contribution in [3.63, 3.8) is 0 Å². The number of H-pyrrole nitrogens is 1. The number of piperidine rings is 1. The van der Waals surface area contributed by atoms with E-state index >= 15 is 0 Å². The van der Waals surface area contributed by atoms with Gasteiger partial charge in [0.05, 0.1) is 39.1 Å². The molecule has 35 heavy (non-hydrogen) atoms. The van der Waals surface area contributed by atoms with Gasteiger partial charge < -0.3 is 29.1 Å². The van der Waals surface area contributed by atoms with Gasteiger partial charge >= 0.3 is 5.97 Å². The van der Waals surface area contributed by atoms with Crippen molar-refractivity contribution in [2.24, 2.45) is 5.92 Å². The Morgan fingerprint density at radius 3 is 2.60 bits per heavy atom. The first-order valence-corrected chi connectivity index (χ1v) is 11.5. The molecule has 184 valence electrons. The standard InChI is InChI=1S/C25H28N4O6/c1-33-19-8-16-17(9-20(19)34-2)26-24(25(32)35-3)23(16)27-21(30)13-28-10-14-7-15(12-28)18-5-4-6-22(31)29(18)11-14/h4-6,8-9,14-15,26H,7,10-13H2,1-3H3,(H,27,30)/t14-,15-/m0/s1. The molecule has 0 unspecified atom stereocenters. The van der Waals surface area contributed by atoms with Gasteiger partial charge in [0.1, 0.15) is 5.69 Å². The predicted molar refractivity (Wildman–Crippen MR) is 129 cm³/mol. The number of nitrogens with zero attached hydrogens (tertiary/aromatic N) is 2. The minimum atomic E-state index is -0.594. The number of pyridine rings is 1. The number of benzene rings is 1. The van der Waals surface area contributed by atoms with Crippen LogP contribution in [0.5, 0.6) is 11.5 Å². The summed E-state index contributed by atoms with van der Waals surface area (Å²) in [5.74, 6) is 0.656. The second kappa shape index (κ2) is 9.10. The maximum absolute atomic E-state index is 13.2. The van der Waals surface area contributed by atoms with Gasteiger partial charge in [0.25, 0.3) is 5.56 Å². The molecule has 10 nitrogen and oxygen atoms in total. The van der Waals surface area contributed by atoms with E-state index in [-0.39, 0.29) is 29.6 Å². The zero-order chi connectivity index (χ0) is 24.7. The number of carbonyl (C=O) groups is 2. The Labute approximate surface area is 201 Å². The lowest BCUT2D eigenvalue weighted by atomic mass is 9.83. The number of aromatic nitrogens is 2. The highest BCUT2D eigenvalue weighted by molar-refractivity contribution is 6.11. The van der Waals surface area contributed by atoms with Crippen LogP contribution in [0.1, 0.15) is 28.5 Å². The molecule has 2 bridgehead atoms. The minimum absolute atomic E-state index is 0.0325. The molecule has 0 saturated carbocycles. The molecule has 10 heteroatoms. The fourth-order valence-electron chi connectivity index (χ4n) is 5.41. The van der Waals surface area contributed by atoms with Gasteiger partial charge in [-0.1, -0.05) is 6.07 Å². The van der Waals surface area contributed by atoms with Crippen molar-refractivity contribution >= 4 is 28.5 Å². The second-order valence-corrected chi connectivity index (χ2v) is 9.06. The molecular formula is C25H28N4O6. The van der Waals surface area contributed by atoms with E-state index in [0.29, 0.717) is 47.1 Å². The van der Waals surface area contributed by atoms with E-state index < -0.39 is 5.97 Å². The molecule has 0 spiro atoms. The monoisotopic (exact) mass is 480 g/mol. The number of aromatic amines is 1. The summed E-state index contributed by atoms with van der Waals surface area (Å²) in [4.78, 5) is 43.0. The van der Waals surface area contributed by atoms with Crippen LogP contribution in [0.25, 0.3) is 10.9 Å². The van der Waals surface area contributed by atoms with Crippen molar-refractivity contribution in [1.29, 1.82) is 0 Å². The van der Waals surface area contributed by atoms with Crippen LogP contribution < -0.4 is 20.3 Å². The maximum Gasteiger partial charge on any atom is 0.356 e.